The van der Waals surface area contributed by atoms with Crippen LogP contribution in [-0.4, -0.2) is 18.2 Å². The minimum atomic E-state index is -3.61. The third-order valence-electron chi connectivity index (χ3n) is 3.10. The van der Waals surface area contributed by atoms with Crippen LogP contribution in [0.1, 0.15) is 16.8 Å². The van der Waals surface area contributed by atoms with Crippen molar-refractivity contribution in [1.29, 1.82) is 0 Å². The van der Waals surface area contributed by atoms with E-state index in [0.717, 1.165) is 11.1 Å². The molecule has 0 aliphatic heterocycles. The van der Waals surface area contributed by atoms with E-state index in [2.05, 4.69) is 9.82 Å². The van der Waals surface area contributed by atoms with Crippen molar-refractivity contribution in [3.63, 3.8) is 0 Å². The van der Waals surface area contributed by atoms with Crippen LogP contribution in [0.4, 0.5) is 5.69 Å². The van der Waals surface area contributed by atoms with Gasteiger partial charge in [0.2, 0.25) is 0 Å². The molecule has 0 atom stereocenters. The van der Waals surface area contributed by atoms with Crippen molar-refractivity contribution >= 4 is 15.7 Å². The zero-order valence-electron chi connectivity index (χ0n) is 11.7. The fourth-order valence-corrected chi connectivity index (χ4v) is 3.15. The molecule has 0 unspecified atom stereocenters. The van der Waals surface area contributed by atoms with Crippen LogP contribution in [0.15, 0.2) is 29.3 Å². The number of rotatable bonds is 4. The molecule has 0 radical (unpaired) electrons. The number of nitrogens with one attached hydrogen (secondary N) is 1. The molecule has 0 aliphatic rings. The van der Waals surface area contributed by atoms with Gasteiger partial charge in [-0.3, -0.25) is 9.40 Å². The molecule has 2 aromatic rings. The Morgan fingerprint density at radius 1 is 1.35 bits per heavy atom. The van der Waals surface area contributed by atoms with E-state index in [1.54, 1.807) is 43.0 Å². The maximum absolute atomic E-state index is 12.3. The SMILES string of the molecule is Cc1cc(S(=O)(=O)Nc2cn(C)nc2C)ccc1CN. The average molecular weight is 294 g/mol. The Morgan fingerprint density at radius 3 is 2.55 bits per heavy atom. The number of hydrogen-bond donors (Lipinski definition) is 2. The highest BCUT2D eigenvalue weighted by molar-refractivity contribution is 7.92. The minimum absolute atomic E-state index is 0.218. The Morgan fingerprint density at radius 2 is 2.05 bits per heavy atom. The first-order chi connectivity index (χ1) is 9.33. The number of benzene rings is 1. The van der Waals surface area contributed by atoms with Crippen LogP contribution in [0.3, 0.4) is 0 Å². The Kier molecular flexibility index (Phi) is 3.82. The highest BCUT2D eigenvalue weighted by atomic mass is 32.2. The zero-order chi connectivity index (χ0) is 14.9. The lowest BCUT2D eigenvalue weighted by atomic mass is 10.1. The van der Waals surface area contributed by atoms with Crippen molar-refractivity contribution in [2.45, 2.75) is 25.3 Å². The van der Waals surface area contributed by atoms with Crippen LogP contribution in [0.25, 0.3) is 0 Å². The quantitative estimate of drug-likeness (QED) is 0.889. The van der Waals surface area contributed by atoms with Gasteiger partial charge in [0.1, 0.15) is 0 Å². The van der Waals surface area contributed by atoms with Crippen molar-refractivity contribution in [3.8, 4) is 0 Å². The smallest absolute Gasteiger partial charge is 0.262 e. The zero-order valence-corrected chi connectivity index (χ0v) is 12.5. The van der Waals surface area contributed by atoms with Crippen molar-refractivity contribution < 1.29 is 8.42 Å². The van der Waals surface area contributed by atoms with E-state index in [4.69, 9.17) is 5.73 Å². The molecule has 2 rings (SSSR count). The monoisotopic (exact) mass is 294 g/mol. The van der Waals surface area contributed by atoms with Crippen LogP contribution < -0.4 is 10.5 Å². The first-order valence-electron chi connectivity index (χ1n) is 6.16. The summed E-state index contributed by atoms with van der Waals surface area (Å²) in [6, 6.07) is 4.92. The summed E-state index contributed by atoms with van der Waals surface area (Å²) in [6.07, 6.45) is 1.63. The molecule has 0 fully saturated rings. The van der Waals surface area contributed by atoms with Gasteiger partial charge in [-0.1, -0.05) is 6.07 Å². The number of nitrogens with zero attached hydrogens (tertiary/aromatic N) is 2. The number of nitrogens with two attached hydrogens (primary N) is 1. The minimum Gasteiger partial charge on any atom is -0.326 e. The molecule has 3 N–H and O–H groups in total. The second-order valence-electron chi connectivity index (χ2n) is 4.70. The molecule has 0 aliphatic carbocycles. The predicted octanol–water partition coefficient (Wildman–Crippen LogP) is 1.30. The van der Waals surface area contributed by atoms with Gasteiger partial charge in [0.05, 0.1) is 16.3 Å². The Labute approximate surface area is 118 Å². The molecule has 0 bridgehead atoms. The summed E-state index contributed by atoms with van der Waals surface area (Å²) in [5.41, 5.74) is 8.48. The van der Waals surface area contributed by atoms with Crippen LogP contribution in [0, 0.1) is 13.8 Å². The fraction of sp³-hybridized carbons (Fsp3) is 0.308. The molecule has 108 valence electrons. The van der Waals surface area contributed by atoms with Gasteiger partial charge in [0.25, 0.3) is 10.0 Å². The van der Waals surface area contributed by atoms with E-state index >= 15 is 0 Å². The van der Waals surface area contributed by atoms with Crippen LogP contribution in [-0.2, 0) is 23.6 Å². The van der Waals surface area contributed by atoms with Crippen molar-refractivity contribution in [2.75, 3.05) is 4.72 Å². The molecular weight excluding hydrogens is 276 g/mol. The highest BCUT2D eigenvalue weighted by Crippen LogP contribution is 2.20. The standard InChI is InChI=1S/C13H18N4O2S/c1-9-6-12(5-4-11(9)7-14)20(18,19)16-13-8-17(3)15-10(13)2/h4-6,8,16H,7,14H2,1-3H3. The molecule has 0 saturated carbocycles. The van der Waals surface area contributed by atoms with Crippen LogP contribution in [0.2, 0.25) is 0 Å². The average Bonchev–Trinajstić information content (AvgIpc) is 2.67. The molecule has 1 heterocycles. The van der Waals surface area contributed by atoms with Gasteiger partial charge in [-0.05, 0) is 37.1 Å². The van der Waals surface area contributed by atoms with E-state index in [9.17, 15) is 8.42 Å². The lowest BCUT2D eigenvalue weighted by Gasteiger charge is -2.09. The second kappa shape index (κ2) is 5.26. The largest absolute Gasteiger partial charge is 0.326 e. The third-order valence-corrected chi connectivity index (χ3v) is 4.47. The Balaban J connectivity index is 2.35. The van der Waals surface area contributed by atoms with Gasteiger partial charge in [0, 0.05) is 19.8 Å². The van der Waals surface area contributed by atoms with Crippen LogP contribution >= 0.6 is 0 Å². The van der Waals surface area contributed by atoms with Crippen molar-refractivity contribution in [2.24, 2.45) is 12.8 Å². The van der Waals surface area contributed by atoms with Crippen LogP contribution in [0.5, 0.6) is 0 Å². The first kappa shape index (κ1) is 14.5. The van der Waals surface area contributed by atoms with Gasteiger partial charge >= 0.3 is 0 Å². The van der Waals surface area contributed by atoms with E-state index in [1.165, 1.54) is 0 Å². The maximum Gasteiger partial charge on any atom is 0.262 e. The van der Waals surface area contributed by atoms with E-state index in [1.807, 2.05) is 6.92 Å². The second-order valence-corrected chi connectivity index (χ2v) is 6.38. The van der Waals surface area contributed by atoms with Crippen molar-refractivity contribution in [1.82, 2.24) is 9.78 Å². The molecular formula is C13H18N4O2S. The molecule has 7 heteroatoms. The molecule has 0 saturated heterocycles. The summed E-state index contributed by atoms with van der Waals surface area (Å²) in [5.74, 6) is 0. The highest BCUT2D eigenvalue weighted by Gasteiger charge is 2.17. The first-order valence-corrected chi connectivity index (χ1v) is 7.64. The Bertz CT molecular complexity index is 735. The van der Waals surface area contributed by atoms with Gasteiger partial charge < -0.3 is 5.73 Å². The molecule has 1 aromatic carbocycles. The topological polar surface area (TPSA) is 90.0 Å². The predicted molar refractivity (Wildman–Crippen MR) is 77.8 cm³/mol. The Hall–Kier alpha value is -1.86. The normalized spacial score (nSPS) is 11.6. The lowest BCUT2D eigenvalue weighted by molar-refractivity contribution is 0.601. The third kappa shape index (κ3) is 2.83. The van der Waals surface area contributed by atoms with E-state index < -0.39 is 10.0 Å². The summed E-state index contributed by atoms with van der Waals surface area (Å²) in [4.78, 5) is 0.218. The summed E-state index contributed by atoms with van der Waals surface area (Å²) < 4.78 is 28.8. The molecule has 1 aromatic heterocycles. The number of aromatic nitrogens is 2. The maximum atomic E-state index is 12.3. The number of anilines is 1. The van der Waals surface area contributed by atoms with Gasteiger partial charge in [-0.25, -0.2) is 8.42 Å². The summed E-state index contributed by atoms with van der Waals surface area (Å²) in [6.45, 7) is 3.98. The van der Waals surface area contributed by atoms with E-state index in [0.29, 0.717) is 17.9 Å². The molecule has 20 heavy (non-hydrogen) atoms. The molecule has 6 nitrogen and oxygen atoms in total. The van der Waals surface area contributed by atoms with Crippen molar-refractivity contribution in [3.05, 3.63) is 41.2 Å². The molecule has 0 amide bonds. The van der Waals surface area contributed by atoms with Gasteiger partial charge in [-0.15, -0.1) is 0 Å². The lowest BCUT2D eigenvalue weighted by Crippen LogP contribution is -2.14. The van der Waals surface area contributed by atoms with Gasteiger partial charge in [0.15, 0.2) is 0 Å². The fourth-order valence-electron chi connectivity index (χ4n) is 1.97. The van der Waals surface area contributed by atoms with E-state index in [-0.39, 0.29) is 4.90 Å². The van der Waals surface area contributed by atoms with Gasteiger partial charge in [-0.2, -0.15) is 5.10 Å². The summed E-state index contributed by atoms with van der Waals surface area (Å²) in [7, 11) is -1.87. The summed E-state index contributed by atoms with van der Waals surface area (Å²) >= 11 is 0. The number of sulfonamides is 1. The summed E-state index contributed by atoms with van der Waals surface area (Å²) in [5, 5.41) is 4.11. The molecule has 0 spiro atoms. The number of aryl methyl sites for hydroxylation is 3. The number of hydrogen-bond acceptors (Lipinski definition) is 4.